The third-order valence-electron chi connectivity index (χ3n) is 5.15. The van der Waals surface area contributed by atoms with E-state index in [4.69, 9.17) is 4.74 Å². The largest absolute Gasteiger partial charge is 0.468 e. The van der Waals surface area contributed by atoms with Crippen LogP contribution in [0.1, 0.15) is 30.0 Å². The van der Waals surface area contributed by atoms with Crippen LogP contribution in [0.3, 0.4) is 0 Å². The molecule has 1 fully saturated rings. The minimum Gasteiger partial charge on any atom is -0.468 e. The number of carbonyl (C=O) groups is 1. The van der Waals surface area contributed by atoms with Crippen molar-refractivity contribution in [1.82, 2.24) is 4.90 Å². The average molecular weight is 293 g/mol. The molecule has 1 saturated carbocycles. The van der Waals surface area contributed by atoms with Gasteiger partial charge in [0.25, 0.3) is 0 Å². The number of hydrogen-bond acceptors (Lipinski definition) is 3. The molecule has 0 spiro atoms. The number of benzene rings is 2. The van der Waals surface area contributed by atoms with Crippen molar-refractivity contribution in [3.8, 4) is 11.1 Å². The van der Waals surface area contributed by atoms with Gasteiger partial charge in [0.15, 0.2) is 0 Å². The minimum absolute atomic E-state index is 0.114. The molecule has 3 heteroatoms. The van der Waals surface area contributed by atoms with Gasteiger partial charge >= 0.3 is 5.97 Å². The molecule has 0 heterocycles. The van der Waals surface area contributed by atoms with Gasteiger partial charge in [-0.1, -0.05) is 48.5 Å². The van der Waals surface area contributed by atoms with E-state index in [1.54, 1.807) is 0 Å². The van der Waals surface area contributed by atoms with Gasteiger partial charge in [0.1, 0.15) is 5.54 Å². The van der Waals surface area contributed by atoms with Crippen molar-refractivity contribution < 1.29 is 9.53 Å². The van der Waals surface area contributed by atoms with Crippen LogP contribution in [0.15, 0.2) is 48.5 Å². The summed E-state index contributed by atoms with van der Waals surface area (Å²) in [7, 11) is 3.53. The van der Waals surface area contributed by atoms with Crippen molar-refractivity contribution in [3.63, 3.8) is 0 Å². The predicted octanol–water partition coefficient (Wildman–Crippen LogP) is 3.39. The first-order chi connectivity index (χ1) is 10.7. The Balaban J connectivity index is 1.84. The van der Waals surface area contributed by atoms with E-state index < -0.39 is 5.54 Å². The summed E-state index contributed by atoms with van der Waals surface area (Å²) in [6, 6.07) is 17.1. The van der Waals surface area contributed by atoms with E-state index in [2.05, 4.69) is 53.4 Å². The molecule has 0 unspecified atom stereocenters. The van der Waals surface area contributed by atoms with Crippen LogP contribution in [0.2, 0.25) is 0 Å². The molecule has 0 saturated heterocycles. The number of rotatable bonds is 3. The van der Waals surface area contributed by atoms with E-state index >= 15 is 0 Å². The lowest BCUT2D eigenvalue weighted by Crippen LogP contribution is -2.43. The molecule has 0 atom stereocenters. The molecule has 0 aromatic heterocycles. The molecule has 2 aliphatic carbocycles. The van der Waals surface area contributed by atoms with Gasteiger partial charge < -0.3 is 4.74 Å². The topological polar surface area (TPSA) is 29.5 Å². The van der Waals surface area contributed by atoms with Gasteiger partial charge in [0.2, 0.25) is 0 Å². The molecule has 2 aliphatic rings. The fourth-order valence-corrected chi connectivity index (χ4v) is 3.80. The Labute approximate surface area is 130 Å². The van der Waals surface area contributed by atoms with Crippen LogP contribution < -0.4 is 0 Å². The molecule has 0 aliphatic heterocycles. The second-order valence-corrected chi connectivity index (χ2v) is 6.21. The summed E-state index contributed by atoms with van der Waals surface area (Å²) in [6.45, 7) is 0. The molecule has 0 radical (unpaired) electrons. The van der Waals surface area contributed by atoms with Crippen LogP contribution >= 0.6 is 0 Å². The summed E-state index contributed by atoms with van der Waals surface area (Å²) in [5.41, 5.74) is 4.65. The number of fused-ring (bicyclic) bond motifs is 3. The molecule has 2 aromatic carbocycles. The normalized spacial score (nSPS) is 18.0. The first-order valence-electron chi connectivity index (χ1n) is 7.68. The SMILES string of the molecule is COC(=O)C1(N(C)C2c3ccccc3-c3ccccc32)CC1. The van der Waals surface area contributed by atoms with Crippen molar-refractivity contribution in [2.24, 2.45) is 0 Å². The second kappa shape index (κ2) is 4.68. The van der Waals surface area contributed by atoms with Gasteiger partial charge in [-0.3, -0.25) is 9.69 Å². The summed E-state index contributed by atoms with van der Waals surface area (Å²) in [5, 5.41) is 0. The molecule has 0 N–H and O–H groups in total. The highest BCUT2D eigenvalue weighted by Gasteiger charge is 2.57. The lowest BCUT2D eigenvalue weighted by molar-refractivity contribution is -0.149. The van der Waals surface area contributed by atoms with E-state index in [0.29, 0.717) is 0 Å². The van der Waals surface area contributed by atoms with E-state index in [9.17, 15) is 4.79 Å². The predicted molar refractivity (Wildman–Crippen MR) is 85.5 cm³/mol. The monoisotopic (exact) mass is 293 g/mol. The molecule has 22 heavy (non-hydrogen) atoms. The molecule has 0 amide bonds. The van der Waals surface area contributed by atoms with Gasteiger partial charge in [-0.15, -0.1) is 0 Å². The maximum Gasteiger partial charge on any atom is 0.326 e. The van der Waals surface area contributed by atoms with E-state index in [1.165, 1.54) is 29.4 Å². The summed E-state index contributed by atoms with van der Waals surface area (Å²) in [5.74, 6) is -0.114. The highest BCUT2D eigenvalue weighted by Crippen LogP contribution is 2.52. The van der Waals surface area contributed by atoms with Crippen molar-refractivity contribution in [2.75, 3.05) is 14.2 Å². The summed E-state index contributed by atoms with van der Waals surface area (Å²) in [4.78, 5) is 14.5. The van der Waals surface area contributed by atoms with Gasteiger partial charge in [-0.05, 0) is 42.1 Å². The van der Waals surface area contributed by atoms with Crippen molar-refractivity contribution >= 4 is 5.97 Å². The highest BCUT2D eigenvalue weighted by molar-refractivity contribution is 5.85. The molecule has 4 rings (SSSR count). The van der Waals surface area contributed by atoms with Crippen molar-refractivity contribution in [1.29, 1.82) is 0 Å². The zero-order chi connectivity index (χ0) is 15.3. The Kier molecular flexibility index (Phi) is 2.88. The first kappa shape index (κ1) is 13.5. The van der Waals surface area contributed by atoms with Gasteiger partial charge in [0, 0.05) is 0 Å². The second-order valence-electron chi connectivity index (χ2n) is 6.21. The third-order valence-corrected chi connectivity index (χ3v) is 5.15. The number of likely N-dealkylation sites (N-methyl/N-ethyl adjacent to an activating group) is 1. The number of nitrogens with zero attached hydrogens (tertiary/aromatic N) is 1. The summed E-state index contributed by atoms with van der Waals surface area (Å²) < 4.78 is 5.05. The van der Waals surface area contributed by atoms with Crippen LogP contribution in [-0.4, -0.2) is 30.6 Å². The highest BCUT2D eigenvalue weighted by atomic mass is 16.5. The zero-order valence-electron chi connectivity index (χ0n) is 12.9. The molecule has 112 valence electrons. The lowest BCUT2D eigenvalue weighted by Gasteiger charge is -2.32. The molecule has 2 aromatic rings. The van der Waals surface area contributed by atoms with Crippen molar-refractivity contribution in [2.45, 2.75) is 24.4 Å². The molecule has 0 bridgehead atoms. The number of hydrogen-bond donors (Lipinski definition) is 0. The zero-order valence-corrected chi connectivity index (χ0v) is 12.9. The lowest BCUT2D eigenvalue weighted by atomic mass is 10.0. The number of carbonyl (C=O) groups excluding carboxylic acids is 1. The summed E-state index contributed by atoms with van der Waals surface area (Å²) >= 11 is 0. The number of ether oxygens (including phenoxy) is 1. The van der Waals surface area contributed by atoms with Gasteiger partial charge in [-0.2, -0.15) is 0 Å². The molecular formula is C19H19NO2. The smallest absolute Gasteiger partial charge is 0.326 e. The molecule has 3 nitrogen and oxygen atoms in total. The van der Waals surface area contributed by atoms with E-state index in [1.807, 2.05) is 7.05 Å². The van der Waals surface area contributed by atoms with Crippen LogP contribution in [0, 0.1) is 0 Å². The Morgan fingerprint density at radius 3 is 2.00 bits per heavy atom. The van der Waals surface area contributed by atoms with E-state index in [-0.39, 0.29) is 12.0 Å². The van der Waals surface area contributed by atoms with Crippen LogP contribution in [-0.2, 0) is 9.53 Å². The Morgan fingerprint density at radius 2 is 1.55 bits per heavy atom. The standard InChI is InChI=1S/C19H19NO2/c1-20(19(11-12-19)18(21)22-2)17-15-9-5-3-7-13(15)14-8-4-6-10-16(14)17/h3-10,17H,11-12H2,1-2H3. The minimum atomic E-state index is -0.454. The average Bonchev–Trinajstić information content (AvgIpc) is 3.31. The fraction of sp³-hybridized carbons (Fsp3) is 0.316. The Hall–Kier alpha value is -2.13. The van der Waals surface area contributed by atoms with Gasteiger partial charge in [0.05, 0.1) is 13.2 Å². The van der Waals surface area contributed by atoms with Crippen molar-refractivity contribution in [3.05, 3.63) is 59.7 Å². The quantitative estimate of drug-likeness (QED) is 0.812. The maximum atomic E-state index is 12.3. The van der Waals surface area contributed by atoms with Gasteiger partial charge in [-0.25, -0.2) is 0 Å². The number of esters is 1. The van der Waals surface area contributed by atoms with Crippen LogP contribution in [0.25, 0.3) is 11.1 Å². The fourth-order valence-electron chi connectivity index (χ4n) is 3.80. The van der Waals surface area contributed by atoms with Crippen LogP contribution in [0.4, 0.5) is 0 Å². The Bertz CT molecular complexity index is 703. The first-order valence-corrected chi connectivity index (χ1v) is 7.68. The van der Waals surface area contributed by atoms with E-state index in [0.717, 1.165) is 12.8 Å². The third kappa shape index (κ3) is 1.69. The number of methoxy groups -OCH3 is 1. The maximum absolute atomic E-state index is 12.3. The molecular weight excluding hydrogens is 274 g/mol. The van der Waals surface area contributed by atoms with Crippen LogP contribution in [0.5, 0.6) is 0 Å². The summed E-state index contributed by atoms with van der Waals surface area (Å²) in [6.07, 6.45) is 1.74. The Morgan fingerprint density at radius 1 is 1.05 bits per heavy atom.